The van der Waals surface area contributed by atoms with E-state index in [1.807, 2.05) is 12.4 Å². The topological polar surface area (TPSA) is 17.8 Å². The maximum Gasteiger partial charge on any atom is 0.242 e. The summed E-state index contributed by atoms with van der Waals surface area (Å²) in [6.45, 7) is 9.14. The molecule has 0 atom stereocenters. The lowest BCUT2D eigenvalue weighted by Gasteiger charge is -2.24. The molecule has 0 bridgehead atoms. The third-order valence-corrected chi connectivity index (χ3v) is 7.62. The van der Waals surface area contributed by atoms with Crippen molar-refractivity contribution in [2.75, 3.05) is 0 Å². The lowest BCUT2D eigenvalue weighted by Crippen LogP contribution is -2.55. The van der Waals surface area contributed by atoms with Crippen LogP contribution in [0.1, 0.15) is 22.3 Å². The Kier molecular flexibility index (Phi) is 5.49. The van der Waals surface area contributed by atoms with Crippen LogP contribution in [0, 0.1) is 27.7 Å². The van der Waals surface area contributed by atoms with Crippen LogP contribution in [0.25, 0.3) is 27.5 Å². The lowest BCUT2D eigenvalue weighted by molar-refractivity contribution is 1.17. The Morgan fingerprint density at radius 3 is 1.72 bits per heavy atom. The standard InChI is InChI=1S/C33H29BN2/c1-22-9-7-10-23(2)32(22)34(33-24(3)11-8-12-25(33)4)26-15-17-27(18-16-26)36-30-14-6-5-13-28(30)29-19-20-35-21-31(29)36/h5-21H,1-4H3. The Morgan fingerprint density at radius 1 is 0.556 bits per heavy atom. The van der Waals surface area contributed by atoms with Crippen LogP contribution >= 0.6 is 0 Å². The second kappa shape index (κ2) is 8.84. The summed E-state index contributed by atoms with van der Waals surface area (Å²) in [5.41, 5.74) is 12.9. The first-order valence-corrected chi connectivity index (χ1v) is 12.6. The molecule has 0 amide bonds. The van der Waals surface area contributed by atoms with Crippen LogP contribution in [-0.2, 0) is 0 Å². The molecule has 174 valence electrons. The minimum Gasteiger partial charge on any atom is -0.308 e. The molecule has 6 aromatic rings. The minimum absolute atomic E-state index is 0.182. The minimum atomic E-state index is 0.182. The van der Waals surface area contributed by atoms with Gasteiger partial charge in [-0.1, -0.05) is 105 Å². The monoisotopic (exact) mass is 464 g/mol. The van der Waals surface area contributed by atoms with Crippen molar-refractivity contribution < 1.29 is 0 Å². The fraction of sp³-hybridized carbons (Fsp3) is 0.121. The quantitative estimate of drug-likeness (QED) is 0.296. The van der Waals surface area contributed by atoms with E-state index in [4.69, 9.17) is 0 Å². The Hall–Kier alpha value is -4.11. The average molecular weight is 464 g/mol. The molecule has 0 radical (unpaired) electrons. The van der Waals surface area contributed by atoms with Crippen LogP contribution in [0.15, 0.2) is 103 Å². The van der Waals surface area contributed by atoms with Gasteiger partial charge in [0, 0.05) is 22.7 Å². The van der Waals surface area contributed by atoms with E-state index >= 15 is 0 Å². The molecule has 0 unspecified atom stereocenters. The summed E-state index contributed by atoms with van der Waals surface area (Å²) in [4.78, 5) is 4.44. The number of nitrogens with zero attached hydrogens (tertiary/aromatic N) is 2. The summed E-state index contributed by atoms with van der Waals surface area (Å²) in [6, 6.07) is 33.2. The largest absolute Gasteiger partial charge is 0.308 e. The number of pyridine rings is 1. The zero-order valence-electron chi connectivity index (χ0n) is 21.3. The second-order valence-corrected chi connectivity index (χ2v) is 9.88. The summed E-state index contributed by atoms with van der Waals surface area (Å²) in [5, 5.41) is 2.48. The fourth-order valence-electron chi connectivity index (χ4n) is 5.96. The number of hydrogen-bond acceptors (Lipinski definition) is 1. The van der Waals surface area contributed by atoms with Gasteiger partial charge in [-0.2, -0.15) is 0 Å². The van der Waals surface area contributed by atoms with Crippen LogP contribution in [0.3, 0.4) is 0 Å². The Morgan fingerprint density at radius 2 is 1.11 bits per heavy atom. The average Bonchev–Trinajstić information content (AvgIpc) is 3.22. The van der Waals surface area contributed by atoms with Gasteiger partial charge in [0.05, 0.1) is 17.2 Å². The first kappa shape index (κ1) is 22.4. The zero-order chi connectivity index (χ0) is 24.8. The normalized spacial score (nSPS) is 11.3. The molecule has 0 aliphatic carbocycles. The molecule has 0 aliphatic heterocycles. The predicted molar refractivity (Wildman–Crippen MR) is 155 cm³/mol. The van der Waals surface area contributed by atoms with Gasteiger partial charge in [-0.05, 0) is 52.0 Å². The van der Waals surface area contributed by atoms with Crippen molar-refractivity contribution in [2.45, 2.75) is 27.7 Å². The summed E-state index contributed by atoms with van der Waals surface area (Å²) >= 11 is 0. The number of aryl methyl sites for hydroxylation is 4. The van der Waals surface area contributed by atoms with Crippen molar-refractivity contribution in [1.29, 1.82) is 0 Å². The Balaban J connectivity index is 1.56. The smallest absolute Gasteiger partial charge is 0.242 e. The summed E-state index contributed by atoms with van der Waals surface area (Å²) < 4.78 is 2.33. The van der Waals surface area contributed by atoms with Gasteiger partial charge in [0.1, 0.15) is 0 Å². The van der Waals surface area contributed by atoms with Crippen molar-refractivity contribution in [3.05, 3.63) is 126 Å². The van der Waals surface area contributed by atoms with Crippen LogP contribution in [-0.4, -0.2) is 16.3 Å². The third-order valence-electron chi connectivity index (χ3n) is 7.62. The van der Waals surface area contributed by atoms with Gasteiger partial charge in [0.2, 0.25) is 6.71 Å². The van der Waals surface area contributed by atoms with E-state index in [2.05, 4.69) is 128 Å². The van der Waals surface area contributed by atoms with Crippen molar-refractivity contribution in [1.82, 2.24) is 9.55 Å². The van der Waals surface area contributed by atoms with Crippen LogP contribution in [0.2, 0.25) is 0 Å². The SMILES string of the molecule is Cc1cccc(C)c1B(c1ccc(-n2c3ccccc3c3ccncc32)cc1)c1c(C)cccc1C. The van der Waals surface area contributed by atoms with Gasteiger partial charge >= 0.3 is 0 Å². The Labute approximate surface area is 213 Å². The highest BCUT2D eigenvalue weighted by Crippen LogP contribution is 2.30. The van der Waals surface area contributed by atoms with Gasteiger partial charge in [0.15, 0.2) is 0 Å². The van der Waals surface area contributed by atoms with Crippen molar-refractivity contribution in [2.24, 2.45) is 0 Å². The van der Waals surface area contributed by atoms with E-state index < -0.39 is 0 Å². The van der Waals surface area contributed by atoms with Crippen LogP contribution in [0.4, 0.5) is 0 Å². The first-order chi connectivity index (χ1) is 17.5. The third kappa shape index (κ3) is 3.55. The highest BCUT2D eigenvalue weighted by Gasteiger charge is 2.27. The predicted octanol–water partition coefficient (Wildman–Crippen LogP) is 5.93. The van der Waals surface area contributed by atoms with Crippen molar-refractivity contribution in [3.63, 3.8) is 0 Å². The van der Waals surface area contributed by atoms with Gasteiger partial charge in [-0.15, -0.1) is 0 Å². The number of rotatable bonds is 4. The van der Waals surface area contributed by atoms with Crippen molar-refractivity contribution in [3.8, 4) is 5.69 Å². The fourth-order valence-corrected chi connectivity index (χ4v) is 5.96. The molecule has 0 N–H and O–H groups in total. The van der Waals surface area contributed by atoms with E-state index in [0.29, 0.717) is 0 Å². The maximum absolute atomic E-state index is 4.44. The molecule has 36 heavy (non-hydrogen) atoms. The van der Waals surface area contributed by atoms with E-state index in [0.717, 1.165) is 11.2 Å². The molecule has 6 rings (SSSR count). The Bertz CT molecular complexity index is 1580. The molecule has 0 spiro atoms. The molecule has 2 aromatic heterocycles. The molecular weight excluding hydrogens is 435 g/mol. The van der Waals surface area contributed by atoms with E-state index in [1.54, 1.807) is 0 Å². The highest BCUT2D eigenvalue weighted by atomic mass is 15.0. The molecule has 0 fully saturated rings. The number of aromatic nitrogens is 2. The molecule has 4 aromatic carbocycles. The molecule has 0 aliphatic rings. The number of benzene rings is 4. The van der Waals surface area contributed by atoms with Gasteiger partial charge in [-0.25, -0.2) is 0 Å². The van der Waals surface area contributed by atoms with E-state index in [9.17, 15) is 0 Å². The molecule has 2 heterocycles. The van der Waals surface area contributed by atoms with Crippen molar-refractivity contribution >= 4 is 44.9 Å². The van der Waals surface area contributed by atoms with E-state index in [1.165, 1.54) is 54.9 Å². The first-order valence-electron chi connectivity index (χ1n) is 12.6. The number of fused-ring (bicyclic) bond motifs is 3. The van der Waals surface area contributed by atoms with Crippen LogP contribution < -0.4 is 16.4 Å². The second-order valence-electron chi connectivity index (χ2n) is 9.88. The molecule has 2 nitrogen and oxygen atoms in total. The molecule has 3 heteroatoms. The van der Waals surface area contributed by atoms with Gasteiger partial charge in [-0.3, -0.25) is 4.98 Å². The molecular formula is C33H29BN2. The number of para-hydroxylation sites is 1. The van der Waals surface area contributed by atoms with E-state index in [-0.39, 0.29) is 6.71 Å². The number of hydrogen-bond donors (Lipinski definition) is 0. The highest BCUT2D eigenvalue weighted by molar-refractivity contribution is 6.96. The molecule has 0 saturated carbocycles. The maximum atomic E-state index is 4.44. The van der Waals surface area contributed by atoms with Crippen LogP contribution in [0.5, 0.6) is 0 Å². The van der Waals surface area contributed by atoms with Gasteiger partial charge in [0.25, 0.3) is 0 Å². The summed E-state index contributed by atoms with van der Waals surface area (Å²) in [5.74, 6) is 0. The summed E-state index contributed by atoms with van der Waals surface area (Å²) in [6.07, 6.45) is 3.85. The summed E-state index contributed by atoms with van der Waals surface area (Å²) in [7, 11) is 0. The zero-order valence-corrected chi connectivity index (χ0v) is 21.3. The lowest BCUT2D eigenvalue weighted by atomic mass is 9.34. The van der Waals surface area contributed by atoms with Gasteiger partial charge < -0.3 is 4.57 Å². The molecule has 0 saturated heterocycles.